The highest BCUT2D eigenvalue weighted by Gasteiger charge is 2.13. The van der Waals surface area contributed by atoms with Crippen molar-refractivity contribution in [1.29, 1.82) is 0 Å². The molecule has 0 saturated carbocycles. The Bertz CT molecular complexity index is 1320. The summed E-state index contributed by atoms with van der Waals surface area (Å²) < 4.78 is 1.56. The zero-order valence-corrected chi connectivity index (χ0v) is 20.7. The predicted octanol–water partition coefficient (Wildman–Crippen LogP) is 4.38. The van der Waals surface area contributed by atoms with Crippen LogP contribution >= 0.6 is 0 Å². The summed E-state index contributed by atoms with van der Waals surface area (Å²) >= 11 is 0. The van der Waals surface area contributed by atoms with Crippen molar-refractivity contribution < 1.29 is 0 Å². The van der Waals surface area contributed by atoms with Gasteiger partial charge in [0.05, 0.1) is 11.1 Å². The van der Waals surface area contributed by atoms with E-state index in [2.05, 4.69) is 46.2 Å². The Morgan fingerprint density at radius 1 is 1.00 bits per heavy atom. The van der Waals surface area contributed by atoms with Gasteiger partial charge in [-0.05, 0) is 67.6 Å². The van der Waals surface area contributed by atoms with Crippen LogP contribution in [0.1, 0.15) is 32.3 Å². The van der Waals surface area contributed by atoms with E-state index in [0.717, 1.165) is 42.7 Å². The van der Waals surface area contributed by atoms with Gasteiger partial charge in [-0.3, -0.25) is 4.79 Å². The first-order valence-electron chi connectivity index (χ1n) is 12.1. The molecule has 3 N–H and O–H groups in total. The number of benzene rings is 1. The zero-order valence-electron chi connectivity index (χ0n) is 20.7. The summed E-state index contributed by atoms with van der Waals surface area (Å²) in [6.45, 7) is 7.78. The molecule has 8 nitrogen and oxygen atoms in total. The Kier molecular flexibility index (Phi) is 7.72. The zero-order chi connectivity index (χ0) is 24.8. The first-order chi connectivity index (χ1) is 17.0. The third-order valence-corrected chi connectivity index (χ3v) is 6.04. The highest BCUT2D eigenvalue weighted by Crippen LogP contribution is 2.27. The standard InChI is InChI=1S/C27H33N7O/c1-4-12-34(13-5-2)15-10-19-6-8-22(9-7-19)31-25-24-20(11-14-33(3)26(24)35)16-23(32-25)21-17-29-27(28)30-18-21/h6-9,11,14,16-18H,4-5,10,12-13,15H2,1-3H3,(H,31,32)(H2,28,29,30). The van der Waals surface area contributed by atoms with Gasteiger partial charge in [-0.25, -0.2) is 15.0 Å². The number of pyridine rings is 2. The van der Waals surface area contributed by atoms with Crippen molar-refractivity contribution in [2.24, 2.45) is 7.05 Å². The van der Waals surface area contributed by atoms with Crippen molar-refractivity contribution in [1.82, 2.24) is 24.4 Å². The summed E-state index contributed by atoms with van der Waals surface area (Å²) in [6.07, 6.45) is 8.38. The second-order valence-electron chi connectivity index (χ2n) is 8.80. The van der Waals surface area contributed by atoms with Crippen LogP contribution < -0.4 is 16.6 Å². The Labute approximate surface area is 205 Å². The van der Waals surface area contributed by atoms with Crippen LogP contribution in [0.5, 0.6) is 0 Å². The second kappa shape index (κ2) is 11.1. The van der Waals surface area contributed by atoms with E-state index in [1.165, 1.54) is 18.4 Å². The van der Waals surface area contributed by atoms with Crippen molar-refractivity contribution in [3.63, 3.8) is 0 Å². The summed E-state index contributed by atoms with van der Waals surface area (Å²) in [5.74, 6) is 0.703. The molecule has 3 heterocycles. The monoisotopic (exact) mass is 471 g/mol. The van der Waals surface area contributed by atoms with Crippen LogP contribution in [0, 0.1) is 0 Å². The average Bonchev–Trinajstić information content (AvgIpc) is 2.86. The molecule has 4 rings (SSSR count). The maximum Gasteiger partial charge on any atom is 0.261 e. The number of nitrogens with zero attached hydrogens (tertiary/aromatic N) is 5. The van der Waals surface area contributed by atoms with Crippen LogP contribution in [-0.2, 0) is 13.5 Å². The minimum Gasteiger partial charge on any atom is -0.368 e. The van der Waals surface area contributed by atoms with Crippen LogP contribution in [0.3, 0.4) is 0 Å². The van der Waals surface area contributed by atoms with Crippen molar-refractivity contribution in [2.75, 3.05) is 30.7 Å². The molecule has 1 aromatic carbocycles. The molecule has 0 spiro atoms. The summed E-state index contributed by atoms with van der Waals surface area (Å²) in [5, 5.41) is 4.70. The molecule has 0 atom stereocenters. The quantitative estimate of drug-likeness (QED) is 0.354. The van der Waals surface area contributed by atoms with Gasteiger partial charge in [0.1, 0.15) is 5.82 Å². The SMILES string of the molecule is CCCN(CCC)CCc1ccc(Nc2nc(-c3cnc(N)nc3)cc3ccn(C)c(=O)c23)cc1. The van der Waals surface area contributed by atoms with E-state index >= 15 is 0 Å². The molecule has 0 amide bonds. The average molecular weight is 472 g/mol. The number of hydrogen-bond acceptors (Lipinski definition) is 7. The number of nitrogen functional groups attached to an aromatic ring is 1. The van der Waals surface area contributed by atoms with Gasteiger partial charge >= 0.3 is 0 Å². The number of anilines is 3. The number of fused-ring (bicyclic) bond motifs is 1. The molecule has 0 aliphatic heterocycles. The molecule has 35 heavy (non-hydrogen) atoms. The first kappa shape index (κ1) is 24.3. The number of hydrogen-bond donors (Lipinski definition) is 2. The molecule has 4 aromatic rings. The lowest BCUT2D eigenvalue weighted by Gasteiger charge is -2.20. The fourth-order valence-electron chi connectivity index (χ4n) is 4.21. The van der Waals surface area contributed by atoms with Gasteiger partial charge in [-0.15, -0.1) is 0 Å². The molecule has 3 aromatic heterocycles. The summed E-state index contributed by atoms with van der Waals surface area (Å²) in [7, 11) is 1.74. The highest BCUT2D eigenvalue weighted by molar-refractivity contribution is 5.95. The van der Waals surface area contributed by atoms with E-state index in [1.807, 2.05) is 24.3 Å². The lowest BCUT2D eigenvalue weighted by molar-refractivity contribution is 0.278. The summed E-state index contributed by atoms with van der Waals surface area (Å²) in [4.78, 5) is 28.4. The van der Waals surface area contributed by atoms with Crippen LogP contribution in [-0.4, -0.2) is 44.1 Å². The topological polar surface area (TPSA) is 102 Å². The van der Waals surface area contributed by atoms with Crippen LogP contribution in [0.15, 0.2) is 59.8 Å². The number of nitrogens with two attached hydrogens (primary N) is 1. The molecule has 0 saturated heterocycles. The fourth-order valence-corrected chi connectivity index (χ4v) is 4.21. The molecule has 0 fully saturated rings. The maximum atomic E-state index is 13.0. The fraction of sp³-hybridized carbons (Fsp3) is 0.333. The van der Waals surface area contributed by atoms with Crippen molar-refractivity contribution >= 4 is 28.2 Å². The Morgan fingerprint density at radius 2 is 1.69 bits per heavy atom. The number of aryl methyl sites for hydroxylation is 1. The van der Waals surface area contributed by atoms with Gasteiger partial charge in [0, 0.05) is 43.4 Å². The summed E-state index contributed by atoms with van der Waals surface area (Å²) in [6, 6.07) is 12.1. The molecular formula is C27H33N7O. The van der Waals surface area contributed by atoms with Crippen molar-refractivity contribution in [3.05, 3.63) is 70.9 Å². The molecule has 0 radical (unpaired) electrons. The van der Waals surface area contributed by atoms with Gasteiger partial charge in [0.2, 0.25) is 5.95 Å². The van der Waals surface area contributed by atoms with Crippen molar-refractivity contribution in [2.45, 2.75) is 33.1 Å². The number of aromatic nitrogens is 4. The summed E-state index contributed by atoms with van der Waals surface area (Å²) in [5.41, 5.74) is 9.08. The Morgan fingerprint density at radius 3 is 2.34 bits per heavy atom. The molecule has 182 valence electrons. The lowest BCUT2D eigenvalue weighted by Crippen LogP contribution is -2.27. The molecule has 8 heteroatoms. The molecule has 0 aliphatic rings. The van der Waals surface area contributed by atoms with E-state index in [0.29, 0.717) is 16.9 Å². The van der Waals surface area contributed by atoms with E-state index in [-0.39, 0.29) is 11.5 Å². The molecule has 0 bridgehead atoms. The highest BCUT2D eigenvalue weighted by atomic mass is 16.1. The number of nitrogens with one attached hydrogen (secondary N) is 1. The third-order valence-electron chi connectivity index (χ3n) is 6.04. The smallest absolute Gasteiger partial charge is 0.261 e. The van der Waals surface area contributed by atoms with E-state index in [9.17, 15) is 4.79 Å². The number of rotatable bonds is 10. The molecule has 0 unspecified atom stereocenters. The van der Waals surface area contributed by atoms with Crippen LogP contribution in [0.25, 0.3) is 22.0 Å². The Hall–Kier alpha value is -3.78. The lowest BCUT2D eigenvalue weighted by atomic mass is 10.1. The minimum atomic E-state index is -0.110. The van der Waals surface area contributed by atoms with E-state index in [4.69, 9.17) is 10.7 Å². The first-order valence-corrected chi connectivity index (χ1v) is 12.1. The Balaban J connectivity index is 1.62. The van der Waals surface area contributed by atoms with Gasteiger partial charge in [0.25, 0.3) is 5.56 Å². The predicted molar refractivity (Wildman–Crippen MR) is 143 cm³/mol. The van der Waals surface area contributed by atoms with Gasteiger partial charge in [-0.2, -0.15) is 0 Å². The van der Waals surface area contributed by atoms with Crippen LogP contribution in [0.4, 0.5) is 17.5 Å². The maximum absolute atomic E-state index is 13.0. The van der Waals surface area contributed by atoms with Crippen LogP contribution in [0.2, 0.25) is 0 Å². The van der Waals surface area contributed by atoms with Gasteiger partial charge < -0.3 is 20.5 Å². The van der Waals surface area contributed by atoms with Gasteiger partial charge in [-0.1, -0.05) is 26.0 Å². The third kappa shape index (κ3) is 5.84. The largest absolute Gasteiger partial charge is 0.368 e. The molecular weight excluding hydrogens is 438 g/mol. The van der Waals surface area contributed by atoms with E-state index < -0.39 is 0 Å². The second-order valence-corrected chi connectivity index (χ2v) is 8.80. The normalized spacial score (nSPS) is 11.3. The van der Waals surface area contributed by atoms with Crippen molar-refractivity contribution in [3.8, 4) is 11.3 Å². The van der Waals surface area contributed by atoms with E-state index in [1.54, 1.807) is 30.2 Å². The molecule has 0 aliphatic carbocycles. The minimum absolute atomic E-state index is 0.110. The van der Waals surface area contributed by atoms with Gasteiger partial charge in [0.15, 0.2) is 0 Å².